The van der Waals surface area contributed by atoms with Gasteiger partial charge in [-0.25, -0.2) is 14.2 Å². The van der Waals surface area contributed by atoms with Gasteiger partial charge in [0.05, 0.1) is 0 Å². The molecule has 2 atom stereocenters. The van der Waals surface area contributed by atoms with Crippen LogP contribution in [0.4, 0.5) is 9.18 Å². The third kappa shape index (κ3) is 5.19. The van der Waals surface area contributed by atoms with E-state index in [1.54, 1.807) is 24.5 Å². The maximum Gasteiger partial charge on any atom is 0.315 e. The van der Waals surface area contributed by atoms with Crippen molar-refractivity contribution in [1.29, 1.82) is 0 Å². The van der Waals surface area contributed by atoms with Gasteiger partial charge in [0.2, 0.25) is 0 Å². The summed E-state index contributed by atoms with van der Waals surface area (Å²) < 4.78 is 15.5. The molecule has 0 unspecified atom stereocenters. The smallest absolute Gasteiger partial charge is 0.315 e. The Morgan fingerprint density at radius 1 is 1.14 bits per heavy atom. The summed E-state index contributed by atoms with van der Waals surface area (Å²) in [6.07, 6.45) is 5.16. The number of carbonyl (C=O) groups is 1. The van der Waals surface area contributed by atoms with Crippen molar-refractivity contribution in [3.05, 3.63) is 89.8 Å². The number of nitrogens with one attached hydrogen (secondary N) is 2. The summed E-state index contributed by atoms with van der Waals surface area (Å²) in [7, 11) is 1.84. The number of urea groups is 1. The van der Waals surface area contributed by atoms with Crippen molar-refractivity contribution in [3.8, 4) is 0 Å². The van der Waals surface area contributed by atoms with Crippen LogP contribution >= 0.6 is 0 Å². The number of hydrogen-bond acceptors (Lipinski definition) is 2. The summed E-state index contributed by atoms with van der Waals surface area (Å²) in [5, 5.41) is 5.90. The maximum absolute atomic E-state index is 13.7. The van der Waals surface area contributed by atoms with E-state index in [-0.39, 0.29) is 17.9 Å². The van der Waals surface area contributed by atoms with E-state index in [1.165, 1.54) is 17.7 Å². The number of amides is 2. The Labute approximate surface area is 164 Å². The lowest BCUT2D eigenvalue weighted by atomic mass is 10.1. The molecule has 28 heavy (non-hydrogen) atoms. The highest BCUT2D eigenvalue weighted by molar-refractivity contribution is 5.75. The molecule has 0 bridgehead atoms. The minimum absolute atomic E-state index is 0.00487. The van der Waals surface area contributed by atoms with E-state index < -0.39 is 6.04 Å². The molecule has 2 N–H and O–H groups in total. The SMILES string of the molecule is C[C@@H](CCc1ccccc1)NC(=O)N[C@H](c1cccc(F)c1)c1nccn1C. The summed E-state index contributed by atoms with van der Waals surface area (Å²) in [4.78, 5) is 16.9. The largest absolute Gasteiger partial charge is 0.336 e. The lowest BCUT2D eigenvalue weighted by molar-refractivity contribution is 0.234. The number of benzene rings is 2. The molecule has 5 nitrogen and oxygen atoms in total. The molecule has 2 aromatic carbocycles. The topological polar surface area (TPSA) is 59.0 Å². The summed E-state index contributed by atoms with van der Waals surface area (Å²) in [6, 6.07) is 15.5. The molecule has 0 radical (unpaired) electrons. The average molecular weight is 380 g/mol. The van der Waals surface area contributed by atoms with Crippen LogP contribution in [0.2, 0.25) is 0 Å². The lowest BCUT2D eigenvalue weighted by Gasteiger charge is -2.21. The first-order valence-electron chi connectivity index (χ1n) is 9.36. The minimum Gasteiger partial charge on any atom is -0.336 e. The molecule has 3 aromatic rings. The molecule has 0 fully saturated rings. The normalized spacial score (nSPS) is 13.0. The van der Waals surface area contributed by atoms with Crippen molar-refractivity contribution in [2.24, 2.45) is 7.05 Å². The second-order valence-corrected chi connectivity index (χ2v) is 6.93. The summed E-state index contributed by atoms with van der Waals surface area (Å²) in [5.41, 5.74) is 1.88. The number of carbonyl (C=O) groups excluding carboxylic acids is 1. The van der Waals surface area contributed by atoms with Crippen LogP contribution in [-0.4, -0.2) is 21.6 Å². The van der Waals surface area contributed by atoms with E-state index in [4.69, 9.17) is 0 Å². The van der Waals surface area contributed by atoms with Crippen molar-refractivity contribution in [1.82, 2.24) is 20.2 Å². The number of aromatic nitrogens is 2. The maximum atomic E-state index is 13.7. The van der Waals surface area contributed by atoms with Crippen LogP contribution in [0.25, 0.3) is 0 Å². The van der Waals surface area contributed by atoms with Gasteiger partial charge in [-0.2, -0.15) is 0 Å². The molecule has 0 spiro atoms. The van der Waals surface area contributed by atoms with Gasteiger partial charge in [-0.1, -0.05) is 42.5 Å². The molecular weight excluding hydrogens is 355 g/mol. The van der Waals surface area contributed by atoms with Gasteiger partial charge in [-0.15, -0.1) is 0 Å². The van der Waals surface area contributed by atoms with Gasteiger partial charge in [-0.05, 0) is 43.0 Å². The summed E-state index contributed by atoms with van der Waals surface area (Å²) >= 11 is 0. The first-order valence-corrected chi connectivity index (χ1v) is 9.36. The predicted molar refractivity (Wildman–Crippen MR) is 107 cm³/mol. The first kappa shape index (κ1) is 19.6. The number of aryl methyl sites for hydroxylation is 2. The van der Waals surface area contributed by atoms with E-state index in [0.717, 1.165) is 12.8 Å². The van der Waals surface area contributed by atoms with Crippen LogP contribution in [0.1, 0.15) is 36.3 Å². The fourth-order valence-electron chi connectivity index (χ4n) is 3.13. The second kappa shape index (κ2) is 9.17. The number of halogens is 1. The minimum atomic E-state index is -0.544. The zero-order valence-electron chi connectivity index (χ0n) is 16.1. The number of hydrogen-bond donors (Lipinski definition) is 2. The quantitative estimate of drug-likeness (QED) is 0.652. The summed E-state index contributed by atoms with van der Waals surface area (Å²) in [5.74, 6) is 0.285. The van der Waals surface area contributed by atoms with Crippen LogP contribution in [0.15, 0.2) is 67.0 Å². The molecular formula is C22H25FN4O. The fraction of sp³-hybridized carbons (Fsp3) is 0.273. The number of nitrogens with zero attached hydrogens (tertiary/aromatic N) is 2. The van der Waals surface area contributed by atoms with Gasteiger partial charge >= 0.3 is 6.03 Å². The Morgan fingerprint density at radius 3 is 2.61 bits per heavy atom. The Hall–Kier alpha value is -3.15. The van der Waals surface area contributed by atoms with Crippen LogP contribution in [-0.2, 0) is 13.5 Å². The van der Waals surface area contributed by atoms with E-state index in [9.17, 15) is 9.18 Å². The van der Waals surface area contributed by atoms with Crippen LogP contribution in [0.3, 0.4) is 0 Å². The average Bonchev–Trinajstić information content (AvgIpc) is 3.11. The Balaban J connectivity index is 1.65. The molecule has 1 heterocycles. The highest BCUT2D eigenvalue weighted by Gasteiger charge is 2.21. The summed E-state index contributed by atoms with van der Waals surface area (Å²) in [6.45, 7) is 1.97. The highest BCUT2D eigenvalue weighted by Crippen LogP contribution is 2.21. The molecule has 6 heteroatoms. The standard InChI is InChI=1S/C22H25FN4O/c1-16(11-12-17-7-4-3-5-8-17)25-22(28)26-20(21-24-13-14-27(21)2)18-9-6-10-19(23)15-18/h3-10,13-16,20H,11-12H2,1-2H3,(H2,25,26,28)/t16-,20+/m0/s1. The molecule has 0 aliphatic heterocycles. The predicted octanol–water partition coefficient (Wildman–Crippen LogP) is 3.97. The van der Waals surface area contributed by atoms with Gasteiger partial charge in [0.15, 0.2) is 0 Å². The van der Waals surface area contributed by atoms with E-state index in [0.29, 0.717) is 11.4 Å². The zero-order chi connectivity index (χ0) is 19.9. The fourth-order valence-corrected chi connectivity index (χ4v) is 3.13. The first-order chi connectivity index (χ1) is 13.5. The van der Waals surface area contributed by atoms with Gasteiger partial charge in [0.1, 0.15) is 17.7 Å². The third-order valence-corrected chi connectivity index (χ3v) is 4.66. The Morgan fingerprint density at radius 2 is 1.93 bits per heavy atom. The Bertz CT molecular complexity index is 910. The van der Waals surface area contributed by atoms with Gasteiger partial charge < -0.3 is 15.2 Å². The Kier molecular flexibility index (Phi) is 6.42. The highest BCUT2D eigenvalue weighted by atomic mass is 19.1. The van der Waals surface area contributed by atoms with E-state index in [1.807, 2.05) is 36.7 Å². The zero-order valence-corrected chi connectivity index (χ0v) is 16.1. The van der Waals surface area contributed by atoms with Crippen molar-refractivity contribution < 1.29 is 9.18 Å². The number of imidazole rings is 1. The van der Waals surface area contributed by atoms with Crippen molar-refractivity contribution in [2.75, 3.05) is 0 Å². The van der Waals surface area contributed by atoms with Gasteiger partial charge in [-0.3, -0.25) is 0 Å². The van der Waals surface area contributed by atoms with Gasteiger partial charge in [0.25, 0.3) is 0 Å². The number of rotatable bonds is 7. The van der Waals surface area contributed by atoms with Crippen molar-refractivity contribution in [3.63, 3.8) is 0 Å². The van der Waals surface area contributed by atoms with E-state index >= 15 is 0 Å². The van der Waals surface area contributed by atoms with Crippen LogP contribution in [0, 0.1) is 5.82 Å². The van der Waals surface area contributed by atoms with Crippen LogP contribution in [0.5, 0.6) is 0 Å². The molecule has 0 saturated heterocycles. The third-order valence-electron chi connectivity index (χ3n) is 4.66. The molecule has 2 amide bonds. The molecule has 3 rings (SSSR count). The van der Waals surface area contributed by atoms with Crippen molar-refractivity contribution >= 4 is 6.03 Å². The molecule has 1 aromatic heterocycles. The molecule has 0 saturated carbocycles. The van der Waals surface area contributed by atoms with Gasteiger partial charge in [0, 0.05) is 25.5 Å². The molecule has 0 aliphatic carbocycles. The van der Waals surface area contributed by atoms with Crippen LogP contribution < -0.4 is 10.6 Å². The molecule has 0 aliphatic rings. The van der Waals surface area contributed by atoms with Crippen molar-refractivity contribution in [2.45, 2.75) is 31.8 Å². The second-order valence-electron chi connectivity index (χ2n) is 6.93. The molecule has 146 valence electrons. The lowest BCUT2D eigenvalue weighted by Crippen LogP contribution is -2.43. The monoisotopic (exact) mass is 380 g/mol. The van der Waals surface area contributed by atoms with E-state index in [2.05, 4.69) is 27.8 Å².